The fourth-order valence-electron chi connectivity index (χ4n) is 2.49. The Morgan fingerprint density at radius 3 is 2.75 bits per heavy atom. The van der Waals surface area contributed by atoms with Crippen LogP contribution in [0.2, 0.25) is 0 Å². The van der Waals surface area contributed by atoms with Gasteiger partial charge in [0.2, 0.25) is 5.91 Å². The summed E-state index contributed by atoms with van der Waals surface area (Å²) in [5.41, 5.74) is -0.452. The van der Waals surface area contributed by atoms with Crippen molar-refractivity contribution in [1.82, 2.24) is 9.55 Å². The Kier molecular flexibility index (Phi) is 5.64. The molecule has 0 fully saturated rings. The number of carbonyl (C=O) groups excluding carboxylic acids is 1. The molecule has 3 aromatic rings. The molecular formula is C17H12F2N4O4S. The van der Waals surface area contributed by atoms with Crippen LogP contribution in [-0.4, -0.2) is 26.1 Å². The van der Waals surface area contributed by atoms with Crippen LogP contribution < -0.4 is 10.9 Å². The van der Waals surface area contributed by atoms with Crippen LogP contribution in [0.3, 0.4) is 0 Å². The van der Waals surface area contributed by atoms with Crippen LogP contribution in [0, 0.1) is 10.1 Å². The van der Waals surface area contributed by atoms with E-state index in [1.807, 2.05) is 0 Å². The molecule has 2 aromatic carbocycles. The first-order valence-electron chi connectivity index (χ1n) is 7.82. The van der Waals surface area contributed by atoms with Crippen molar-refractivity contribution in [1.29, 1.82) is 0 Å². The number of anilines is 1. The van der Waals surface area contributed by atoms with Crippen molar-refractivity contribution in [3.63, 3.8) is 0 Å². The number of aromatic nitrogens is 2. The van der Waals surface area contributed by atoms with Gasteiger partial charge < -0.3 is 5.32 Å². The van der Waals surface area contributed by atoms with Gasteiger partial charge in [0.1, 0.15) is 6.54 Å². The molecule has 0 unspecified atom stereocenters. The van der Waals surface area contributed by atoms with E-state index in [0.29, 0.717) is 0 Å². The van der Waals surface area contributed by atoms with Crippen LogP contribution in [0.15, 0.2) is 58.5 Å². The van der Waals surface area contributed by atoms with Crippen molar-refractivity contribution < 1.29 is 18.5 Å². The van der Waals surface area contributed by atoms with E-state index in [1.165, 1.54) is 24.3 Å². The molecule has 1 aromatic heterocycles. The lowest BCUT2D eigenvalue weighted by molar-refractivity contribution is -0.384. The second kappa shape index (κ2) is 8.13. The van der Waals surface area contributed by atoms with Gasteiger partial charge in [0.25, 0.3) is 17.0 Å². The molecule has 0 bridgehead atoms. The summed E-state index contributed by atoms with van der Waals surface area (Å²) in [5, 5.41) is 13.4. The van der Waals surface area contributed by atoms with Crippen molar-refractivity contribution in [2.45, 2.75) is 17.2 Å². The molecule has 3 rings (SSSR count). The number of amides is 1. The molecule has 144 valence electrons. The largest absolute Gasteiger partial charge is 0.324 e. The van der Waals surface area contributed by atoms with E-state index in [0.717, 1.165) is 17.0 Å². The highest BCUT2D eigenvalue weighted by Gasteiger charge is 2.14. The van der Waals surface area contributed by atoms with Gasteiger partial charge in [0, 0.05) is 17.0 Å². The number of nitro groups is 1. The molecule has 1 heterocycles. The predicted molar refractivity (Wildman–Crippen MR) is 99.6 cm³/mol. The Balaban J connectivity index is 1.85. The number of non-ortho nitro benzene ring substituents is 1. The molecule has 11 heteroatoms. The third-order valence-corrected chi connectivity index (χ3v) is 4.50. The number of alkyl halides is 2. The maximum atomic E-state index is 12.6. The summed E-state index contributed by atoms with van der Waals surface area (Å²) in [6, 6.07) is 9.70. The summed E-state index contributed by atoms with van der Waals surface area (Å²) in [6.45, 7) is -0.432. The summed E-state index contributed by atoms with van der Waals surface area (Å²) in [6.07, 6.45) is 1.15. The van der Waals surface area contributed by atoms with Gasteiger partial charge in [-0.15, -0.1) is 0 Å². The Morgan fingerprint density at radius 1 is 1.29 bits per heavy atom. The Morgan fingerprint density at radius 2 is 2.04 bits per heavy atom. The highest BCUT2D eigenvalue weighted by Crippen LogP contribution is 2.31. The average molecular weight is 406 g/mol. The molecule has 0 spiro atoms. The Labute approximate surface area is 160 Å². The monoisotopic (exact) mass is 406 g/mol. The number of para-hydroxylation sites is 1. The molecule has 28 heavy (non-hydrogen) atoms. The van der Waals surface area contributed by atoms with Crippen LogP contribution in [-0.2, 0) is 11.3 Å². The standard InChI is InChI=1S/C17H12F2N4O4S/c18-17(19)28-14-4-2-1-3-13(14)21-15(24)8-22-9-20-12-6-5-10(23(26)27)7-11(12)16(22)25/h1-7,9,17H,8H2,(H,21,24). The van der Waals surface area contributed by atoms with Crippen LogP contribution in [0.1, 0.15) is 0 Å². The van der Waals surface area contributed by atoms with Crippen LogP contribution in [0.25, 0.3) is 10.9 Å². The molecule has 1 amide bonds. The number of rotatable bonds is 6. The molecular weight excluding hydrogens is 394 g/mol. The zero-order chi connectivity index (χ0) is 20.3. The first kappa shape index (κ1) is 19.4. The number of nitrogens with zero attached hydrogens (tertiary/aromatic N) is 3. The summed E-state index contributed by atoms with van der Waals surface area (Å²) in [5.74, 6) is -3.28. The van der Waals surface area contributed by atoms with E-state index in [2.05, 4.69) is 10.3 Å². The summed E-state index contributed by atoms with van der Waals surface area (Å²) in [7, 11) is 0. The molecule has 0 aliphatic carbocycles. The van der Waals surface area contributed by atoms with E-state index in [1.54, 1.807) is 12.1 Å². The number of thioether (sulfide) groups is 1. The molecule has 8 nitrogen and oxygen atoms in total. The van der Waals surface area contributed by atoms with Gasteiger partial charge in [-0.2, -0.15) is 8.78 Å². The minimum absolute atomic E-state index is 0.00171. The fraction of sp³-hybridized carbons (Fsp3) is 0.118. The Bertz CT molecular complexity index is 1120. The minimum Gasteiger partial charge on any atom is -0.324 e. The topological polar surface area (TPSA) is 107 Å². The quantitative estimate of drug-likeness (QED) is 0.383. The van der Waals surface area contributed by atoms with Crippen molar-refractivity contribution in [3.8, 4) is 0 Å². The molecule has 0 saturated carbocycles. The molecule has 0 atom stereocenters. The number of nitrogens with one attached hydrogen (secondary N) is 1. The molecule has 1 N–H and O–H groups in total. The van der Waals surface area contributed by atoms with Crippen LogP contribution in [0.5, 0.6) is 0 Å². The van der Waals surface area contributed by atoms with E-state index in [4.69, 9.17) is 0 Å². The second-order valence-corrected chi connectivity index (χ2v) is 6.59. The highest BCUT2D eigenvalue weighted by molar-refractivity contribution is 7.99. The molecule has 0 radical (unpaired) electrons. The lowest BCUT2D eigenvalue weighted by atomic mass is 10.2. The van der Waals surface area contributed by atoms with Gasteiger partial charge in [0.05, 0.1) is 27.8 Å². The van der Waals surface area contributed by atoms with E-state index in [9.17, 15) is 28.5 Å². The fourth-order valence-corrected chi connectivity index (χ4v) is 3.08. The molecule has 0 saturated heterocycles. The van der Waals surface area contributed by atoms with E-state index < -0.39 is 28.7 Å². The maximum Gasteiger partial charge on any atom is 0.288 e. The van der Waals surface area contributed by atoms with E-state index in [-0.39, 0.29) is 38.9 Å². The Hall–Kier alpha value is -3.34. The van der Waals surface area contributed by atoms with Gasteiger partial charge in [-0.05, 0) is 18.2 Å². The van der Waals surface area contributed by atoms with Gasteiger partial charge in [-0.25, -0.2) is 4.98 Å². The summed E-state index contributed by atoms with van der Waals surface area (Å²) < 4.78 is 26.2. The molecule has 0 aliphatic rings. The lowest BCUT2D eigenvalue weighted by Crippen LogP contribution is -2.28. The zero-order valence-electron chi connectivity index (χ0n) is 14.0. The number of hydrogen-bond donors (Lipinski definition) is 1. The SMILES string of the molecule is O=C(Cn1cnc2ccc([N+](=O)[O-])cc2c1=O)Nc1ccccc1SC(F)F. The second-order valence-electron chi connectivity index (χ2n) is 5.56. The normalized spacial score (nSPS) is 11.0. The number of benzene rings is 2. The lowest BCUT2D eigenvalue weighted by Gasteiger charge is -2.11. The van der Waals surface area contributed by atoms with Crippen LogP contribution in [0.4, 0.5) is 20.2 Å². The summed E-state index contributed by atoms with van der Waals surface area (Å²) in [4.78, 5) is 39.3. The number of carbonyl (C=O) groups is 1. The maximum absolute atomic E-state index is 12.6. The first-order valence-corrected chi connectivity index (χ1v) is 8.70. The van der Waals surface area contributed by atoms with Gasteiger partial charge >= 0.3 is 0 Å². The minimum atomic E-state index is -2.65. The molecule has 0 aliphatic heterocycles. The van der Waals surface area contributed by atoms with Gasteiger partial charge in [-0.1, -0.05) is 23.9 Å². The third kappa shape index (κ3) is 4.31. The smallest absolute Gasteiger partial charge is 0.288 e. The van der Waals surface area contributed by atoms with Crippen molar-refractivity contribution >= 4 is 39.9 Å². The number of nitro benzene ring substituents is 1. The highest BCUT2D eigenvalue weighted by atomic mass is 32.2. The van der Waals surface area contributed by atoms with Crippen LogP contribution >= 0.6 is 11.8 Å². The van der Waals surface area contributed by atoms with Crippen molar-refractivity contribution in [2.24, 2.45) is 0 Å². The first-order chi connectivity index (χ1) is 13.3. The van der Waals surface area contributed by atoms with Crippen molar-refractivity contribution in [3.05, 3.63) is 69.3 Å². The van der Waals surface area contributed by atoms with Gasteiger partial charge in [0.15, 0.2) is 0 Å². The third-order valence-electron chi connectivity index (χ3n) is 3.71. The van der Waals surface area contributed by atoms with E-state index >= 15 is 0 Å². The number of halogens is 2. The number of fused-ring (bicyclic) bond motifs is 1. The predicted octanol–water partition coefficient (Wildman–Crippen LogP) is 3.26. The van der Waals surface area contributed by atoms with Gasteiger partial charge in [-0.3, -0.25) is 24.3 Å². The number of hydrogen-bond acceptors (Lipinski definition) is 6. The zero-order valence-corrected chi connectivity index (χ0v) is 14.9. The van der Waals surface area contributed by atoms with Crippen molar-refractivity contribution in [2.75, 3.05) is 5.32 Å². The summed E-state index contributed by atoms with van der Waals surface area (Å²) >= 11 is 0.290. The average Bonchev–Trinajstić information content (AvgIpc) is 2.65.